The van der Waals surface area contributed by atoms with Crippen molar-refractivity contribution in [2.24, 2.45) is 11.7 Å². The van der Waals surface area contributed by atoms with Gasteiger partial charge in [0.15, 0.2) is 0 Å². The van der Waals surface area contributed by atoms with Crippen LogP contribution < -0.4 is 11.1 Å². The van der Waals surface area contributed by atoms with Crippen LogP contribution >= 0.6 is 0 Å². The van der Waals surface area contributed by atoms with Crippen LogP contribution in [0.2, 0.25) is 0 Å². The van der Waals surface area contributed by atoms with Crippen molar-refractivity contribution < 1.29 is 4.79 Å². The van der Waals surface area contributed by atoms with E-state index in [1.165, 1.54) is 0 Å². The number of amides is 1. The second-order valence-electron chi connectivity index (χ2n) is 4.56. The van der Waals surface area contributed by atoms with Crippen molar-refractivity contribution in [1.82, 2.24) is 10.3 Å². The molecule has 1 unspecified atom stereocenters. The molecule has 16 heavy (non-hydrogen) atoms. The Labute approximate surface area is 95.3 Å². The van der Waals surface area contributed by atoms with Crippen molar-refractivity contribution in [2.45, 2.75) is 31.8 Å². The summed E-state index contributed by atoms with van der Waals surface area (Å²) in [5, 5.41) is 2.83. The number of nitrogens with zero attached hydrogens (tertiary/aromatic N) is 1. The van der Waals surface area contributed by atoms with E-state index in [9.17, 15) is 4.79 Å². The zero-order valence-corrected chi connectivity index (χ0v) is 9.44. The van der Waals surface area contributed by atoms with Gasteiger partial charge in [-0.05, 0) is 37.8 Å². The summed E-state index contributed by atoms with van der Waals surface area (Å²) >= 11 is 0. The van der Waals surface area contributed by atoms with Crippen LogP contribution in [0.25, 0.3) is 0 Å². The number of carbonyl (C=O) groups is 1. The van der Waals surface area contributed by atoms with E-state index in [1.54, 1.807) is 13.1 Å². The largest absolute Gasteiger partial charge is 0.349 e. The summed E-state index contributed by atoms with van der Waals surface area (Å²) in [5.74, 6) is 0.261. The Bertz CT molecular complexity index is 371. The standard InChI is InChI=1S/C12H17N3O/c1-12(13,9-5-6-9)11(16)15-8-10-4-2-3-7-14-10/h2-4,7,9H,5-6,8,13H2,1H3,(H,15,16). The van der Waals surface area contributed by atoms with Crippen molar-refractivity contribution in [3.05, 3.63) is 30.1 Å². The molecule has 1 amide bonds. The first-order valence-electron chi connectivity index (χ1n) is 5.58. The molecule has 0 aromatic carbocycles. The van der Waals surface area contributed by atoms with Crippen LogP contribution in [0.15, 0.2) is 24.4 Å². The Hall–Kier alpha value is -1.42. The van der Waals surface area contributed by atoms with E-state index >= 15 is 0 Å². The molecule has 1 aliphatic carbocycles. The lowest BCUT2D eigenvalue weighted by molar-refractivity contribution is -0.126. The molecule has 0 bridgehead atoms. The first-order valence-corrected chi connectivity index (χ1v) is 5.58. The minimum absolute atomic E-state index is 0.0827. The predicted molar refractivity (Wildman–Crippen MR) is 61.4 cm³/mol. The highest BCUT2D eigenvalue weighted by Crippen LogP contribution is 2.38. The highest BCUT2D eigenvalue weighted by atomic mass is 16.2. The number of hydrogen-bond donors (Lipinski definition) is 2. The van der Waals surface area contributed by atoms with E-state index in [4.69, 9.17) is 5.73 Å². The number of hydrogen-bond acceptors (Lipinski definition) is 3. The van der Waals surface area contributed by atoms with Gasteiger partial charge in [0, 0.05) is 6.20 Å². The van der Waals surface area contributed by atoms with Gasteiger partial charge in [-0.25, -0.2) is 0 Å². The molecule has 0 radical (unpaired) electrons. The van der Waals surface area contributed by atoms with Crippen LogP contribution in [0.5, 0.6) is 0 Å². The van der Waals surface area contributed by atoms with Gasteiger partial charge in [0.05, 0.1) is 17.8 Å². The van der Waals surface area contributed by atoms with Crippen LogP contribution in [0, 0.1) is 5.92 Å². The Morgan fingerprint density at radius 3 is 2.94 bits per heavy atom. The van der Waals surface area contributed by atoms with Gasteiger partial charge in [0.1, 0.15) is 0 Å². The second kappa shape index (κ2) is 4.22. The van der Waals surface area contributed by atoms with Crippen molar-refractivity contribution in [3.63, 3.8) is 0 Å². The number of carbonyl (C=O) groups excluding carboxylic acids is 1. The average molecular weight is 219 g/mol. The Morgan fingerprint density at radius 2 is 2.38 bits per heavy atom. The normalized spacial score (nSPS) is 18.9. The highest BCUT2D eigenvalue weighted by molar-refractivity contribution is 5.86. The van der Waals surface area contributed by atoms with Crippen molar-refractivity contribution in [3.8, 4) is 0 Å². The summed E-state index contributed by atoms with van der Waals surface area (Å²) in [6.07, 6.45) is 3.83. The molecule has 1 aromatic rings. The van der Waals surface area contributed by atoms with E-state index in [1.807, 2.05) is 18.2 Å². The molecule has 86 valence electrons. The quantitative estimate of drug-likeness (QED) is 0.788. The van der Waals surface area contributed by atoms with Gasteiger partial charge in [-0.2, -0.15) is 0 Å². The second-order valence-corrected chi connectivity index (χ2v) is 4.56. The molecule has 1 heterocycles. The lowest BCUT2D eigenvalue weighted by Crippen LogP contribution is -2.53. The molecular formula is C12H17N3O. The van der Waals surface area contributed by atoms with Gasteiger partial charge in [0.25, 0.3) is 0 Å². The number of aromatic nitrogens is 1. The van der Waals surface area contributed by atoms with E-state index in [2.05, 4.69) is 10.3 Å². The topological polar surface area (TPSA) is 68.0 Å². The molecule has 0 aliphatic heterocycles. The number of rotatable bonds is 4. The summed E-state index contributed by atoms with van der Waals surface area (Å²) < 4.78 is 0. The molecule has 0 saturated heterocycles. The maximum Gasteiger partial charge on any atom is 0.240 e. The Morgan fingerprint density at radius 1 is 1.62 bits per heavy atom. The highest BCUT2D eigenvalue weighted by Gasteiger charge is 2.43. The van der Waals surface area contributed by atoms with Gasteiger partial charge in [0.2, 0.25) is 5.91 Å². The van der Waals surface area contributed by atoms with E-state index < -0.39 is 5.54 Å². The molecule has 1 fully saturated rings. The smallest absolute Gasteiger partial charge is 0.240 e. The van der Waals surface area contributed by atoms with Gasteiger partial charge in [-0.15, -0.1) is 0 Å². The third-order valence-corrected chi connectivity index (χ3v) is 3.07. The molecule has 4 heteroatoms. The number of nitrogens with two attached hydrogens (primary N) is 1. The van der Waals surface area contributed by atoms with Crippen LogP contribution in [0.1, 0.15) is 25.5 Å². The van der Waals surface area contributed by atoms with Crippen molar-refractivity contribution in [1.29, 1.82) is 0 Å². The first-order chi connectivity index (χ1) is 7.60. The van der Waals surface area contributed by atoms with Gasteiger partial charge in [-0.1, -0.05) is 6.07 Å². The maximum absolute atomic E-state index is 11.9. The van der Waals surface area contributed by atoms with E-state index in [-0.39, 0.29) is 5.91 Å². The SMILES string of the molecule is CC(N)(C(=O)NCc1ccccn1)C1CC1. The fourth-order valence-corrected chi connectivity index (χ4v) is 1.73. The molecule has 2 rings (SSSR count). The Kier molecular flexibility index (Phi) is 2.92. The third kappa shape index (κ3) is 2.39. The summed E-state index contributed by atoms with van der Waals surface area (Å²) in [7, 11) is 0. The molecule has 1 aliphatic rings. The summed E-state index contributed by atoms with van der Waals surface area (Å²) in [6, 6.07) is 5.63. The monoisotopic (exact) mass is 219 g/mol. The summed E-state index contributed by atoms with van der Waals surface area (Å²) in [6.45, 7) is 2.25. The molecular weight excluding hydrogens is 202 g/mol. The molecule has 3 N–H and O–H groups in total. The lowest BCUT2D eigenvalue weighted by atomic mass is 9.96. The van der Waals surface area contributed by atoms with E-state index in [0.29, 0.717) is 12.5 Å². The van der Waals surface area contributed by atoms with E-state index in [0.717, 1.165) is 18.5 Å². The average Bonchev–Trinajstić information content (AvgIpc) is 3.11. The number of pyridine rings is 1. The minimum Gasteiger partial charge on any atom is -0.349 e. The lowest BCUT2D eigenvalue weighted by Gasteiger charge is -2.22. The zero-order valence-electron chi connectivity index (χ0n) is 9.44. The van der Waals surface area contributed by atoms with Crippen molar-refractivity contribution >= 4 is 5.91 Å². The molecule has 1 saturated carbocycles. The first kappa shape index (κ1) is 11.1. The summed E-state index contributed by atoms with van der Waals surface area (Å²) in [5.41, 5.74) is 6.12. The van der Waals surface area contributed by atoms with Gasteiger partial charge >= 0.3 is 0 Å². The fraction of sp³-hybridized carbons (Fsp3) is 0.500. The predicted octanol–water partition coefficient (Wildman–Crippen LogP) is 0.825. The van der Waals surface area contributed by atoms with Gasteiger partial charge in [-0.3, -0.25) is 9.78 Å². The maximum atomic E-state index is 11.9. The summed E-state index contributed by atoms with van der Waals surface area (Å²) in [4.78, 5) is 16.0. The Balaban J connectivity index is 1.88. The minimum atomic E-state index is -0.727. The van der Waals surface area contributed by atoms with Crippen LogP contribution in [-0.2, 0) is 11.3 Å². The molecule has 1 atom stereocenters. The molecule has 4 nitrogen and oxygen atoms in total. The van der Waals surface area contributed by atoms with Crippen LogP contribution in [0.3, 0.4) is 0 Å². The fourth-order valence-electron chi connectivity index (χ4n) is 1.73. The zero-order chi connectivity index (χ0) is 11.6. The van der Waals surface area contributed by atoms with Crippen molar-refractivity contribution in [2.75, 3.05) is 0 Å². The number of nitrogens with one attached hydrogen (secondary N) is 1. The third-order valence-electron chi connectivity index (χ3n) is 3.07. The van der Waals surface area contributed by atoms with Crippen LogP contribution in [0.4, 0.5) is 0 Å². The van der Waals surface area contributed by atoms with Gasteiger partial charge < -0.3 is 11.1 Å². The van der Waals surface area contributed by atoms with Crippen LogP contribution in [-0.4, -0.2) is 16.4 Å². The molecule has 0 spiro atoms. The molecule has 1 aromatic heterocycles.